The average molecular weight is 339 g/mol. The van der Waals surface area contributed by atoms with E-state index in [2.05, 4.69) is 4.98 Å². The number of pyridine rings is 1. The number of methoxy groups -OCH3 is 1. The first kappa shape index (κ1) is 17.4. The lowest BCUT2D eigenvalue weighted by Crippen LogP contribution is -2.35. The van der Waals surface area contributed by atoms with Crippen molar-refractivity contribution in [2.75, 3.05) is 7.11 Å². The molecule has 1 amide bonds. The van der Waals surface area contributed by atoms with Gasteiger partial charge in [0.2, 0.25) is 5.91 Å². The monoisotopic (exact) mass is 339 g/mol. The van der Waals surface area contributed by atoms with Gasteiger partial charge in [-0.1, -0.05) is 12.1 Å². The normalized spacial score (nSPS) is 19.6. The number of nitrogens with two attached hydrogens (primary N) is 1. The molecule has 1 heterocycles. The number of rotatable bonds is 6. The molecule has 0 saturated heterocycles. The molecule has 0 spiro atoms. The molecule has 0 radical (unpaired) electrons. The van der Waals surface area contributed by atoms with Crippen molar-refractivity contribution in [1.29, 1.82) is 0 Å². The van der Waals surface area contributed by atoms with Crippen molar-refractivity contribution in [3.05, 3.63) is 59.9 Å². The number of hydrogen-bond acceptors (Lipinski definition) is 4. The van der Waals surface area contributed by atoms with Gasteiger partial charge in [0, 0.05) is 37.4 Å². The van der Waals surface area contributed by atoms with Crippen molar-refractivity contribution in [2.24, 2.45) is 11.7 Å². The Morgan fingerprint density at radius 1 is 1.12 bits per heavy atom. The summed E-state index contributed by atoms with van der Waals surface area (Å²) in [4.78, 5) is 19.0. The second kappa shape index (κ2) is 8.12. The van der Waals surface area contributed by atoms with E-state index in [0.29, 0.717) is 13.1 Å². The Bertz CT molecular complexity index is 688. The molecule has 1 fully saturated rings. The molecule has 132 valence electrons. The lowest BCUT2D eigenvalue weighted by molar-refractivity contribution is -0.136. The van der Waals surface area contributed by atoms with Gasteiger partial charge < -0.3 is 15.4 Å². The molecule has 1 aliphatic rings. The van der Waals surface area contributed by atoms with Crippen molar-refractivity contribution in [2.45, 2.75) is 38.4 Å². The van der Waals surface area contributed by atoms with Gasteiger partial charge in [-0.2, -0.15) is 0 Å². The number of hydrogen-bond donors (Lipinski definition) is 1. The predicted octanol–water partition coefficient (Wildman–Crippen LogP) is 2.75. The quantitative estimate of drug-likeness (QED) is 0.879. The van der Waals surface area contributed by atoms with Crippen LogP contribution in [0.2, 0.25) is 0 Å². The maximum absolute atomic E-state index is 13.1. The van der Waals surface area contributed by atoms with Crippen molar-refractivity contribution in [3.63, 3.8) is 0 Å². The van der Waals surface area contributed by atoms with Crippen LogP contribution in [0.3, 0.4) is 0 Å². The highest BCUT2D eigenvalue weighted by atomic mass is 16.5. The summed E-state index contributed by atoms with van der Waals surface area (Å²) in [5.41, 5.74) is 8.18. The van der Waals surface area contributed by atoms with Crippen molar-refractivity contribution >= 4 is 5.91 Å². The molecule has 1 saturated carbocycles. The van der Waals surface area contributed by atoms with Gasteiger partial charge in [-0.05, 0) is 54.7 Å². The summed E-state index contributed by atoms with van der Waals surface area (Å²) in [7, 11) is 1.65. The molecule has 1 aromatic carbocycles. The van der Waals surface area contributed by atoms with Gasteiger partial charge in [-0.25, -0.2) is 0 Å². The highest BCUT2D eigenvalue weighted by Gasteiger charge is 2.31. The number of nitrogens with zero attached hydrogens (tertiary/aromatic N) is 2. The highest BCUT2D eigenvalue weighted by Crippen LogP contribution is 2.27. The van der Waals surface area contributed by atoms with Crippen LogP contribution in [0.1, 0.15) is 30.4 Å². The van der Waals surface area contributed by atoms with E-state index in [-0.39, 0.29) is 17.9 Å². The molecule has 2 N–H and O–H groups in total. The Morgan fingerprint density at radius 3 is 2.32 bits per heavy atom. The van der Waals surface area contributed by atoms with Gasteiger partial charge in [-0.15, -0.1) is 0 Å². The van der Waals surface area contributed by atoms with Crippen molar-refractivity contribution < 1.29 is 9.53 Å². The summed E-state index contributed by atoms with van der Waals surface area (Å²) in [6.45, 7) is 1.16. The first-order valence-corrected chi connectivity index (χ1v) is 8.72. The number of ether oxygens (including phenoxy) is 1. The van der Waals surface area contributed by atoms with Gasteiger partial charge in [0.05, 0.1) is 7.11 Å². The third kappa shape index (κ3) is 4.57. The van der Waals surface area contributed by atoms with E-state index in [9.17, 15) is 4.79 Å². The van der Waals surface area contributed by atoms with Crippen LogP contribution in [0.15, 0.2) is 48.8 Å². The lowest BCUT2D eigenvalue weighted by atomic mass is 10.0. The molecule has 1 aromatic heterocycles. The molecular formula is C20H25N3O2. The van der Waals surface area contributed by atoms with E-state index < -0.39 is 0 Å². The van der Waals surface area contributed by atoms with E-state index in [4.69, 9.17) is 10.5 Å². The van der Waals surface area contributed by atoms with Gasteiger partial charge in [0.1, 0.15) is 5.75 Å². The minimum Gasteiger partial charge on any atom is -0.497 e. The second-order valence-corrected chi connectivity index (χ2v) is 6.67. The third-order valence-electron chi connectivity index (χ3n) is 4.79. The van der Waals surface area contributed by atoms with E-state index in [0.717, 1.165) is 36.1 Å². The Morgan fingerprint density at radius 2 is 1.76 bits per heavy atom. The van der Waals surface area contributed by atoms with Crippen molar-refractivity contribution in [1.82, 2.24) is 9.88 Å². The summed E-state index contributed by atoms with van der Waals surface area (Å²) in [6, 6.07) is 11.9. The molecule has 2 atom stereocenters. The van der Waals surface area contributed by atoms with Gasteiger partial charge in [0.25, 0.3) is 0 Å². The summed E-state index contributed by atoms with van der Waals surface area (Å²) in [5.74, 6) is 1.05. The summed E-state index contributed by atoms with van der Waals surface area (Å²) < 4.78 is 5.21. The number of carbonyl (C=O) groups is 1. The fourth-order valence-corrected chi connectivity index (χ4v) is 3.37. The third-order valence-corrected chi connectivity index (χ3v) is 4.79. The second-order valence-electron chi connectivity index (χ2n) is 6.67. The zero-order valence-electron chi connectivity index (χ0n) is 14.6. The van der Waals surface area contributed by atoms with Crippen LogP contribution in [-0.2, 0) is 17.9 Å². The molecule has 25 heavy (non-hydrogen) atoms. The van der Waals surface area contributed by atoms with E-state index in [1.165, 1.54) is 0 Å². The zero-order valence-corrected chi connectivity index (χ0v) is 14.6. The van der Waals surface area contributed by atoms with Gasteiger partial charge >= 0.3 is 0 Å². The first-order valence-electron chi connectivity index (χ1n) is 8.72. The Hall–Kier alpha value is -2.40. The van der Waals surface area contributed by atoms with Crippen LogP contribution in [0.5, 0.6) is 5.75 Å². The summed E-state index contributed by atoms with van der Waals surface area (Å²) in [6.07, 6.45) is 6.12. The molecule has 2 aromatic rings. The minimum atomic E-state index is 0.0371. The fraction of sp³-hybridized carbons (Fsp3) is 0.400. The molecule has 0 unspecified atom stereocenters. The number of amides is 1. The molecule has 1 aliphatic carbocycles. The van der Waals surface area contributed by atoms with Gasteiger partial charge in [-0.3, -0.25) is 9.78 Å². The molecule has 0 aliphatic heterocycles. The highest BCUT2D eigenvalue weighted by molar-refractivity contribution is 5.79. The van der Waals surface area contributed by atoms with E-state index >= 15 is 0 Å². The first-order chi connectivity index (χ1) is 12.2. The van der Waals surface area contributed by atoms with Gasteiger partial charge in [0.15, 0.2) is 0 Å². The van der Waals surface area contributed by atoms with E-state index in [1.54, 1.807) is 19.5 Å². The van der Waals surface area contributed by atoms with Crippen LogP contribution in [-0.4, -0.2) is 28.9 Å². The van der Waals surface area contributed by atoms with Crippen molar-refractivity contribution in [3.8, 4) is 5.75 Å². The maximum Gasteiger partial charge on any atom is 0.226 e. The summed E-state index contributed by atoms with van der Waals surface area (Å²) >= 11 is 0. The largest absolute Gasteiger partial charge is 0.497 e. The molecule has 0 bridgehead atoms. The molecular weight excluding hydrogens is 314 g/mol. The molecule has 5 heteroatoms. The SMILES string of the molecule is COc1ccc(CN(Cc2ccncc2)C(=O)[C@@H]2CC[C@H](N)C2)cc1. The minimum absolute atomic E-state index is 0.0371. The number of aromatic nitrogens is 1. The average Bonchev–Trinajstić information content (AvgIpc) is 3.08. The Balaban J connectivity index is 1.76. The topological polar surface area (TPSA) is 68.5 Å². The number of benzene rings is 1. The zero-order chi connectivity index (χ0) is 17.6. The Labute approximate surface area is 148 Å². The van der Waals surface area contributed by atoms with E-state index in [1.807, 2.05) is 41.3 Å². The lowest BCUT2D eigenvalue weighted by Gasteiger charge is -2.26. The van der Waals surface area contributed by atoms with Crippen LogP contribution >= 0.6 is 0 Å². The number of carbonyl (C=O) groups excluding carboxylic acids is 1. The standard InChI is InChI=1S/C20H25N3O2/c1-25-19-6-2-15(3-7-19)13-23(14-16-8-10-22-11-9-16)20(24)17-4-5-18(21)12-17/h2-3,6-11,17-18H,4-5,12-14,21H2,1H3/t17-,18+/m1/s1. The van der Waals surface area contributed by atoms with Crippen LogP contribution in [0, 0.1) is 5.92 Å². The fourth-order valence-electron chi connectivity index (χ4n) is 3.37. The van der Waals surface area contributed by atoms with Crippen LogP contribution in [0.25, 0.3) is 0 Å². The van der Waals surface area contributed by atoms with Crippen LogP contribution < -0.4 is 10.5 Å². The Kier molecular flexibility index (Phi) is 5.66. The molecule has 5 nitrogen and oxygen atoms in total. The summed E-state index contributed by atoms with van der Waals surface area (Å²) in [5, 5.41) is 0. The molecule has 3 rings (SSSR count). The van der Waals surface area contributed by atoms with Crippen LogP contribution in [0.4, 0.5) is 0 Å². The maximum atomic E-state index is 13.1. The predicted molar refractivity (Wildman–Crippen MR) is 96.8 cm³/mol. The smallest absolute Gasteiger partial charge is 0.226 e.